The first-order valence-electron chi connectivity index (χ1n) is 10.8. The Balaban J connectivity index is 1.57. The van der Waals surface area contributed by atoms with Crippen molar-refractivity contribution < 1.29 is 22.6 Å². The first kappa shape index (κ1) is 22.9. The summed E-state index contributed by atoms with van der Waals surface area (Å²) in [6.07, 6.45) is -1.66. The molecule has 2 heterocycles. The molecule has 3 aromatic rings. The van der Waals surface area contributed by atoms with E-state index < -0.39 is 17.3 Å². The number of hydrogen-bond donors (Lipinski definition) is 0. The van der Waals surface area contributed by atoms with Gasteiger partial charge in [-0.3, -0.25) is 4.98 Å². The molecule has 1 aliphatic rings. The molecule has 0 bridgehead atoms. The number of aryl methyl sites for hydroxylation is 1. The summed E-state index contributed by atoms with van der Waals surface area (Å²) in [4.78, 5) is 6.80. The van der Waals surface area contributed by atoms with Gasteiger partial charge in [-0.15, -0.1) is 0 Å². The molecule has 1 fully saturated rings. The van der Waals surface area contributed by atoms with Crippen LogP contribution < -0.4 is 9.64 Å². The van der Waals surface area contributed by atoms with Crippen molar-refractivity contribution in [3.05, 3.63) is 64.8 Å². The van der Waals surface area contributed by atoms with Gasteiger partial charge in [-0.1, -0.05) is 0 Å². The van der Waals surface area contributed by atoms with E-state index in [1.165, 1.54) is 6.07 Å². The number of alkyl halides is 3. The van der Waals surface area contributed by atoms with Crippen molar-refractivity contribution in [1.82, 2.24) is 4.98 Å². The molecule has 0 spiro atoms. The molecule has 1 atom stereocenters. The van der Waals surface area contributed by atoms with Crippen LogP contribution in [0.2, 0.25) is 0 Å². The van der Waals surface area contributed by atoms with E-state index in [0.717, 1.165) is 59.4 Å². The Hall–Kier alpha value is -3.31. The molecule has 8 heteroatoms. The van der Waals surface area contributed by atoms with Crippen molar-refractivity contribution in [2.75, 3.05) is 24.6 Å². The molecule has 0 amide bonds. The average Bonchev–Trinajstić information content (AvgIpc) is 3.25. The number of nitriles is 1. The highest BCUT2D eigenvalue weighted by Gasteiger charge is 2.34. The lowest BCUT2D eigenvalue weighted by Gasteiger charge is -2.21. The fourth-order valence-corrected chi connectivity index (χ4v) is 4.19. The van der Waals surface area contributed by atoms with Gasteiger partial charge >= 0.3 is 6.18 Å². The molecule has 0 unspecified atom stereocenters. The van der Waals surface area contributed by atoms with E-state index in [1.54, 1.807) is 12.3 Å². The van der Waals surface area contributed by atoms with E-state index in [0.29, 0.717) is 6.61 Å². The van der Waals surface area contributed by atoms with Crippen LogP contribution in [0, 0.1) is 18.3 Å². The van der Waals surface area contributed by atoms with Gasteiger partial charge < -0.3 is 14.4 Å². The van der Waals surface area contributed by atoms with Crippen LogP contribution in [-0.4, -0.2) is 30.8 Å². The van der Waals surface area contributed by atoms with Gasteiger partial charge in [-0.2, -0.15) is 18.4 Å². The number of benzene rings is 2. The molecule has 1 aromatic heterocycles. The van der Waals surface area contributed by atoms with Crippen molar-refractivity contribution in [2.45, 2.75) is 39.2 Å². The van der Waals surface area contributed by atoms with Crippen LogP contribution in [0.5, 0.6) is 5.75 Å². The summed E-state index contributed by atoms with van der Waals surface area (Å²) >= 11 is 0. The second kappa shape index (κ2) is 9.28. The Labute approximate surface area is 190 Å². The van der Waals surface area contributed by atoms with Crippen LogP contribution in [-0.2, 0) is 17.5 Å². The Kier molecular flexibility index (Phi) is 6.43. The summed E-state index contributed by atoms with van der Waals surface area (Å²) in [5, 5.41) is 9.97. The first-order valence-corrected chi connectivity index (χ1v) is 10.8. The number of aromatic nitrogens is 1. The number of hydrogen-bond acceptors (Lipinski definition) is 5. The van der Waals surface area contributed by atoms with Crippen LogP contribution in [0.3, 0.4) is 0 Å². The standard InChI is InChI=1S/C25H24F3N3O2/c1-3-32-20-7-9-31(14-20)24-6-8-30-23-11-18(16(2)10-21(23)24)15-33-19-5-4-17(13-29)22(12-19)25(26,27)28/h4-6,8,10-12,20H,3,7,9,14-15H2,1-2H3/t20-/m0/s1. The topological polar surface area (TPSA) is 58.4 Å². The van der Waals surface area contributed by atoms with Crippen molar-refractivity contribution in [1.29, 1.82) is 5.26 Å². The van der Waals surface area contributed by atoms with Gasteiger partial charge in [0.25, 0.3) is 0 Å². The van der Waals surface area contributed by atoms with Gasteiger partial charge in [0, 0.05) is 37.0 Å². The minimum absolute atomic E-state index is 0.0570. The lowest BCUT2D eigenvalue weighted by molar-refractivity contribution is -0.137. The highest BCUT2D eigenvalue weighted by molar-refractivity contribution is 5.92. The van der Waals surface area contributed by atoms with Gasteiger partial charge in [-0.25, -0.2) is 0 Å². The molecule has 0 saturated carbocycles. The third kappa shape index (κ3) is 4.88. The van der Waals surface area contributed by atoms with Crippen molar-refractivity contribution >= 4 is 16.6 Å². The molecule has 1 aliphatic heterocycles. The summed E-state index contributed by atoms with van der Waals surface area (Å²) in [5.74, 6) is 0.0570. The fraction of sp³-hybridized carbons (Fsp3) is 0.360. The highest BCUT2D eigenvalue weighted by atomic mass is 19.4. The minimum atomic E-state index is -4.62. The summed E-state index contributed by atoms with van der Waals surface area (Å²) in [6, 6.07) is 10.9. The normalized spacial score (nSPS) is 16.2. The number of ether oxygens (including phenoxy) is 2. The monoisotopic (exact) mass is 455 g/mol. The van der Waals surface area contributed by atoms with Gasteiger partial charge in [0.05, 0.1) is 28.8 Å². The maximum atomic E-state index is 13.2. The molecule has 33 heavy (non-hydrogen) atoms. The second-order valence-corrected chi connectivity index (χ2v) is 8.04. The predicted molar refractivity (Wildman–Crippen MR) is 119 cm³/mol. The molecule has 172 valence electrons. The molecular formula is C25H24F3N3O2. The van der Waals surface area contributed by atoms with Crippen LogP contribution in [0.4, 0.5) is 18.9 Å². The third-order valence-corrected chi connectivity index (χ3v) is 5.88. The zero-order chi connectivity index (χ0) is 23.6. The predicted octanol–water partition coefficient (Wildman–Crippen LogP) is 5.63. The smallest absolute Gasteiger partial charge is 0.417 e. The molecular weight excluding hydrogens is 431 g/mol. The first-order chi connectivity index (χ1) is 15.8. The molecule has 0 N–H and O–H groups in total. The van der Waals surface area contributed by atoms with Crippen LogP contribution in [0.1, 0.15) is 35.6 Å². The Morgan fingerprint density at radius 3 is 2.76 bits per heavy atom. The number of fused-ring (bicyclic) bond motifs is 1. The zero-order valence-electron chi connectivity index (χ0n) is 18.4. The number of nitrogens with zero attached hydrogens (tertiary/aromatic N) is 3. The van der Waals surface area contributed by atoms with E-state index >= 15 is 0 Å². The van der Waals surface area contributed by atoms with Gasteiger partial charge in [0.15, 0.2) is 0 Å². The number of halogens is 3. The SMILES string of the molecule is CCO[C@H]1CCN(c2ccnc3cc(COc4ccc(C#N)c(C(F)(F)F)c4)c(C)cc23)C1. The van der Waals surface area contributed by atoms with Crippen LogP contribution in [0.25, 0.3) is 10.9 Å². The van der Waals surface area contributed by atoms with Crippen LogP contribution >= 0.6 is 0 Å². The van der Waals surface area contributed by atoms with E-state index in [1.807, 2.05) is 32.0 Å². The summed E-state index contributed by atoms with van der Waals surface area (Å²) in [6.45, 7) is 6.47. The lowest BCUT2D eigenvalue weighted by Crippen LogP contribution is -2.23. The summed E-state index contributed by atoms with van der Waals surface area (Å²) in [5.41, 5.74) is 2.26. The number of rotatable bonds is 6. The Bertz CT molecular complexity index is 1200. The largest absolute Gasteiger partial charge is 0.489 e. The maximum Gasteiger partial charge on any atom is 0.417 e. The quantitative estimate of drug-likeness (QED) is 0.482. The van der Waals surface area contributed by atoms with Crippen molar-refractivity contribution in [3.8, 4) is 11.8 Å². The minimum Gasteiger partial charge on any atom is -0.489 e. The summed E-state index contributed by atoms with van der Waals surface area (Å²) in [7, 11) is 0. The van der Waals surface area contributed by atoms with E-state index in [-0.39, 0.29) is 18.5 Å². The number of anilines is 1. The number of pyridine rings is 1. The third-order valence-electron chi connectivity index (χ3n) is 5.88. The molecule has 4 rings (SSSR count). The second-order valence-electron chi connectivity index (χ2n) is 8.04. The molecule has 1 saturated heterocycles. The zero-order valence-corrected chi connectivity index (χ0v) is 18.4. The lowest BCUT2D eigenvalue weighted by atomic mass is 10.0. The van der Waals surface area contributed by atoms with Crippen molar-refractivity contribution in [2.24, 2.45) is 0 Å². The van der Waals surface area contributed by atoms with Gasteiger partial charge in [0.1, 0.15) is 12.4 Å². The maximum absolute atomic E-state index is 13.2. The van der Waals surface area contributed by atoms with Gasteiger partial charge in [0.2, 0.25) is 0 Å². The van der Waals surface area contributed by atoms with E-state index in [9.17, 15) is 13.2 Å². The molecule has 0 radical (unpaired) electrons. The fourth-order valence-electron chi connectivity index (χ4n) is 4.19. The van der Waals surface area contributed by atoms with E-state index in [2.05, 4.69) is 9.88 Å². The highest BCUT2D eigenvalue weighted by Crippen LogP contribution is 2.35. The molecule has 2 aromatic carbocycles. The summed E-state index contributed by atoms with van der Waals surface area (Å²) < 4.78 is 51.1. The molecule has 0 aliphatic carbocycles. The Morgan fingerprint density at radius 2 is 2.03 bits per heavy atom. The van der Waals surface area contributed by atoms with Gasteiger partial charge in [-0.05, 0) is 67.8 Å². The Morgan fingerprint density at radius 1 is 1.21 bits per heavy atom. The molecule has 5 nitrogen and oxygen atoms in total. The van der Waals surface area contributed by atoms with E-state index in [4.69, 9.17) is 14.7 Å². The average molecular weight is 455 g/mol. The van der Waals surface area contributed by atoms with Crippen LogP contribution in [0.15, 0.2) is 42.6 Å². The van der Waals surface area contributed by atoms with Crippen molar-refractivity contribution in [3.63, 3.8) is 0 Å².